The molecule has 2 heterocycles. The summed E-state index contributed by atoms with van der Waals surface area (Å²) in [5.74, 6) is 0.170. The molecule has 1 aliphatic rings. The first-order valence-corrected chi connectivity index (χ1v) is 6.90. The summed E-state index contributed by atoms with van der Waals surface area (Å²) < 4.78 is 1.17. The van der Waals surface area contributed by atoms with Crippen molar-refractivity contribution in [3.05, 3.63) is 19.9 Å². The molecule has 5 heteroatoms. The van der Waals surface area contributed by atoms with Gasteiger partial charge in [0.05, 0.1) is 8.45 Å². The number of thiophene rings is 1. The van der Waals surface area contributed by atoms with Crippen molar-refractivity contribution >= 4 is 39.8 Å². The Kier molecular flexibility index (Phi) is 3.63. The third-order valence-corrected chi connectivity index (χ3v) is 4.37. The molecule has 0 aliphatic carbocycles. The first-order valence-electron chi connectivity index (χ1n) is 4.94. The van der Waals surface area contributed by atoms with Crippen LogP contribution in [0.25, 0.3) is 0 Å². The summed E-state index contributed by atoms with van der Waals surface area (Å²) in [4.78, 5) is 14.1. The standard InChI is InChI=1S/C10H13IN2OS/c1-7-5-12-2-3-13(7)10(14)8-4-9(11)15-6-8/h4,6-7,12H,2-3,5H2,1H3. The van der Waals surface area contributed by atoms with E-state index in [2.05, 4.69) is 34.8 Å². The number of amides is 1. The van der Waals surface area contributed by atoms with Crippen LogP contribution in [0, 0.1) is 2.88 Å². The fourth-order valence-corrected chi connectivity index (χ4v) is 3.05. The maximum atomic E-state index is 12.1. The Morgan fingerprint density at radius 3 is 3.13 bits per heavy atom. The van der Waals surface area contributed by atoms with E-state index >= 15 is 0 Å². The number of carbonyl (C=O) groups excluding carboxylic acids is 1. The molecule has 82 valence electrons. The molecule has 1 N–H and O–H groups in total. The Morgan fingerprint density at radius 1 is 1.73 bits per heavy atom. The zero-order chi connectivity index (χ0) is 10.8. The smallest absolute Gasteiger partial charge is 0.255 e. The van der Waals surface area contributed by atoms with E-state index in [9.17, 15) is 4.79 Å². The predicted octanol–water partition coefficient (Wildman–Crippen LogP) is 1.79. The van der Waals surface area contributed by atoms with Crippen LogP contribution in [0.15, 0.2) is 11.4 Å². The number of piperazine rings is 1. The summed E-state index contributed by atoms with van der Waals surface area (Å²) in [7, 11) is 0. The molecule has 1 fully saturated rings. The predicted molar refractivity (Wildman–Crippen MR) is 70.4 cm³/mol. The lowest BCUT2D eigenvalue weighted by Crippen LogP contribution is -2.52. The van der Waals surface area contributed by atoms with Gasteiger partial charge in [-0.3, -0.25) is 4.79 Å². The number of hydrogen-bond acceptors (Lipinski definition) is 3. The topological polar surface area (TPSA) is 32.3 Å². The number of nitrogens with zero attached hydrogens (tertiary/aromatic N) is 1. The SMILES string of the molecule is CC1CNCCN1C(=O)c1csc(I)c1. The highest BCUT2D eigenvalue weighted by Crippen LogP contribution is 2.19. The summed E-state index contributed by atoms with van der Waals surface area (Å²) in [6.45, 7) is 4.69. The molecule has 0 radical (unpaired) electrons. The Labute approximate surface area is 107 Å². The quantitative estimate of drug-likeness (QED) is 0.793. The van der Waals surface area contributed by atoms with E-state index in [1.165, 1.54) is 2.88 Å². The zero-order valence-corrected chi connectivity index (χ0v) is 11.5. The molecule has 15 heavy (non-hydrogen) atoms. The van der Waals surface area contributed by atoms with Crippen molar-refractivity contribution in [2.75, 3.05) is 19.6 Å². The van der Waals surface area contributed by atoms with Crippen molar-refractivity contribution in [2.45, 2.75) is 13.0 Å². The molecule has 1 saturated heterocycles. The molecule has 1 aromatic heterocycles. The fraction of sp³-hybridized carbons (Fsp3) is 0.500. The molecule has 1 aliphatic heterocycles. The van der Waals surface area contributed by atoms with E-state index in [0.29, 0.717) is 6.04 Å². The minimum atomic E-state index is 0.170. The highest BCUT2D eigenvalue weighted by molar-refractivity contribution is 14.1. The van der Waals surface area contributed by atoms with Gasteiger partial charge in [0.1, 0.15) is 0 Å². The Morgan fingerprint density at radius 2 is 2.53 bits per heavy atom. The maximum absolute atomic E-state index is 12.1. The minimum Gasteiger partial charge on any atom is -0.333 e. The van der Waals surface area contributed by atoms with E-state index in [-0.39, 0.29) is 5.91 Å². The summed E-state index contributed by atoms with van der Waals surface area (Å²) >= 11 is 3.87. The molecule has 0 spiro atoms. The van der Waals surface area contributed by atoms with Crippen LogP contribution in [0.3, 0.4) is 0 Å². The molecular weight excluding hydrogens is 323 g/mol. The number of rotatable bonds is 1. The molecule has 3 nitrogen and oxygen atoms in total. The molecule has 0 aromatic carbocycles. The number of nitrogens with one attached hydrogen (secondary N) is 1. The highest BCUT2D eigenvalue weighted by atomic mass is 127. The van der Waals surface area contributed by atoms with Gasteiger partial charge in [-0.2, -0.15) is 0 Å². The van der Waals surface area contributed by atoms with Crippen molar-refractivity contribution in [2.24, 2.45) is 0 Å². The molecule has 2 rings (SSSR count). The van der Waals surface area contributed by atoms with E-state index in [1.54, 1.807) is 11.3 Å². The van der Waals surface area contributed by atoms with Crippen LogP contribution in [0.4, 0.5) is 0 Å². The molecule has 0 saturated carbocycles. The molecule has 0 bridgehead atoms. The van der Waals surface area contributed by atoms with Gasteiger partial charge in [0.25, 0.3) is 5.91 Å². The Hall–Kier alpha value is -0.140. The first kappa shape index (κ1) is 11.3. The van der Waals surface area contributed by atoms with Crippen LogP contribution < -0.4 is 5.32 Å². The van der Waals surface area contributed by atoms with Crippen molar-refractivity contribution in [3.8, 4) is 0 Å². The Balaban J connectivity index is 2.13. The second-order valence-electron chi connectivity index (χ2n) is 3.69. The van der Waals surface area contributed by atoms with Gasteiger partial charge in [0, 0.05) is 31.1 Å². The number of halogens is 1. The van der Waals surface area contributed by atoms with E-state index in [0.717, 1.165) is 25.2 Å². The molecule has 1 atom stereocenters. The van der Waals surface area contributed by atoms with E-state index in [4.69, 9.17) is 0 Å². The normalized spacial score (nSPS) is 21.7. The van der Waals surface area contributed by atoms with Crippen LogP contribution in [-0.4, -0.2) is 36.5 Å². The van der Waals surface area contributed by atoms with Gasteiger partial charge in [-0.05, 0) is 35.6 Å². The molecule has 1 amide bonds. The number of carbonyl (C=O) groups is 1. The number of hydrogen-bond donors (Lipinski definition) is 1. The highest BCUT2D eigenvalue weighted by Gasteiger charge is 2.24. The third-order valence-electron chi connectivity index (χ3n) is 2.58. The summed E-state index contributed by atoms with van der Waals surface area (Å²) in [6.07, 6.45) is 0. The average molecular weight is 336 g/mol. The molecular formula is C10H13IN2OS. The van der Waals surface area contributed by atoms with Crippen molar-refractivity contribution in [3.63, 3.8) is 0 Å². The minimum absolute atomic E-state index is 0.170. The van der Waals surface area contributed by atoms with E-state index in [1.807, 2.05) is 16.3 Å². The lowest BCUT2D eigenvalue weighted by atomic mass is 10.2. The van der Waals surface area contributed by atoms with Gasteiger partial charge >= 0.3 is 0 Å². The summed E-state index contributed by atoms with van der Waals surface area (Å²) in [5.41, 5.74) is 0.832. The zero-order valence-electron chi connectivity index (χ0n) is 8.50. The van der Waals surface area contributed by atoms with Crippen molar-refractivity contribution < 1.29 is 4.79 Å². The second-order valence-corrected chi connectivity index (χ2v) is 6.50. The average Bonchev–Trinajstić information content (AvgIpc) is 2.65. The van der Waals surface area contributed by atoms with E-state index < -0.39 is 0 Å². The Bertz CT molecular complexity index is 366. The largest absolute Gasteiger partial charge is 0.333 e. The van der Waals surface area contributed by atoms with Crippen LogP contribution in [0.1, 0.15) is 17.3 Å². The van der Waals surface area contributed by atoms with Gasteiger partial charge in [-0.1, -0.05) is 0 Å². The lowest BCUT2D eigenvalue weighted by Gasteiger charge is -2.33. The van der Waals surface area contributed by atoms with Crippen molar-refractivity contribution in [1.29, 1.82) is 0 Å². The van der Waals surface area contributed by atoms with Crippen LogP contribution in [0.2, 0.25) is 0 Å². The molecule has 1 unspecified atom stereocenters. The second kappa shape index (κ2) is 4.80. The molecule has 1 aromatic rings. The van der Waals surface area contributed by atoms with Crippen LogP contribution in [0.5, 0.6) is 0 Å². The summed E-state index contributed by atoms with van der Waals surface area (Å²) in [6, 6.07) is 2.26. The fourth-order valence-electron chi connectivity index (χ4n) is 1.73. The monoisotopic (exact) mass is 336 g/mol. The lowest BCUT2D eigenvalue weighted by molar-refractivity contribution is 0.0656. The van der Waals surface area contributed by atoms with Gasteiger partial charge in [0.15, 0.2) is 0 Å². The van der Waals surface area contributed by atoms with Crippen LogP contribution in [-0.2, 0) is 0 Å². The third kappa shape index (κ3) is 2.51. The van der Waals surface area contributed by atoms with Crippen molar-refractivity contribution in [1.82, 2.24) is 10.2 Å². The van der Waals surface area contributed by atoms with Gasteiger partial charge < -0.3 is 10.2 Å². The van der Waals surface area contributed by atoms with Gasteiger partial charge in [-0.25, -0.2) is 0 Å². The van der Waals surface area contributed by atoms with Gasteiger partial charge in [-0.15, -0.1) is 11.3 Å². The summed E-state index contributed by atoms with van der Waals surface area (Å²) in [5, 5.41) is 5.23. The first-order chi connectivity index (χ1) is 7.18. The maximum Gasteiger partial charge on any atom is 0.255 e. The van der Waals surface area contributed by atoms with Crippen LogP contribution >= 0.6 is 33.9 Å². The van der Waals surface area contributed by atoms with Gasteiger partial charge in [0.2, 0.25) is 0 Å².